The Labute approximate surface area is 286 Å². The van der Waals surface area contributed by atoms with Crippen molar-refractivity contribution in [2.45, 2.75) is 51.4 Å². The van der Waals surface area contributed by atoms with E-state index in [2.05, 4.69) is 0 Å². The van der Waals surface area contributed by atoms with Gasteiger partial charge in [-0.1, -0.05) is 24.3 Å². The molecule has 1 aliphatic heterocycles. The van der Waals surface area contributed by atoms with Crippen molar-refractivity contribution in [3.05, 3.63) is 89.5 Å². The summed E-state index contributed by atoms with van der Waals surface area (Å²) in [5.74, 6) is -7.61. The second-order valence-corrected chi connectivity index (χ2v) is 11.7. The Morgan fingerprint density at radius 1 is 0.640 bits per heavy atom. The molecule has 14 heteroatoms. The van der Waals surface area contributed by atoms with Crippen molar-refractivity contribution < 1.29 is 68.5 Å². The fourth-order valence-corrected chi connectivity index (χ4v) is 5.61. The van der Waals surface area contributed by atoms with Gasteiger partial charge in [-0.25, -0.2) is 4.79 Å². The minimum Gasteiger partial charge on any atom is -0.508 e. The van der Waals surface area contributed by atoms with E-state index in [0.29, 0.717) is 18.4 Å². The van der Waals surface area contributed by atoms with E-state index in [1.54, 1.807) is 48.5 Å². The third-order valence-corrected chi connectivity index (χ3v) is 7.97. The summed E-state index contributed by atoms with van der Waals surface area (Å²) >= 11 is 0. The second kappa shape index (κ2) is 18.1. The number of Topliss-reactive ketones (excluding diaryl/α,β-unsaturated/α-hetero) is 2. The van der Waals surface area contributed by atoms with E-state index in [4.69, 9.17) is 24.4 Å². The smallest absolute Gasteiger partial charge is 0.335 e. The van der Waals surface area contributed by atoms with Crippen molar-refractivity contribution in [3.8, 4) is 17.2 Å². The lowest BCUT2D eigenvalue weighted by Gasteiger charge is -2.44. The van der Waals surface area contributed by atoms with Crippen molar-refractivity contribution >= 4 is 35.4 Å². The van der Waals surface area contributed by atoms with Crippen molar-refractivity contribution in [1.29, 1.82) is 0 Å². The van der Waals surface area contributed by atoms with Gasteiger partial charge >= 0.3 is 23.9 Å². The number of esters is 1. The molecule has 0 unspecified atom stereocenters. The predicted octanol–water partition coefficient (Wildman–Crippen LogP) is 3.89. The Bertz CT molecular complexity index is 1600. The topological polar surface area (TPSA) is 231 Å². The molecule has 1 aliphatic rings. The van der Waals surface area contributed by atoms with E-state index in [1.807, 2.05) is 0 Å². The molecule has 3 aromatic rings. The first-order valence-electron chi connectivity index (χ1n) is 15.4. The van der Waals surface area contributed by atoms with Gasteiger partial charge in [-0.15, -0.1) is 0 Å². The summed E-state index contributed by atoms with van der Waals surface area (Å²) in [6.45, 7) is 1.38. The highest BCUT2D eigenvalue weighted by molar-refractivity contribution is 5.94. The van der Waals surface area contributed by atoms with Gasteiger partial charge in [-0.05, 0) is 72.5 Å². The Hall–Kier alpha value is -5.76. The van der Waals surface area contributed by atoms with Crippen LogP contribution < -0.4 is 4.74 Å². The molecular weight excluding hydrogens is 656 g/mol. The van der Waals surface area contributed by atoms with Crippen LogP contribution in [0.5, 0.6) is 17.2 Å². The summed E-state index contributed by atoms with van der Waals surface area (Å²) in [6, 6.07) is 19.1. The Balaban J connectivity index is 0.000000316. The van der Waals surface area contributed by atoms with Crippen LogP contribution in [0, 0.1) is 17.8 Å². The zero-order chi connectivity index (χ0) is 37.0. The van der Waals surface area contributed by atoms with Crippen LogP contribution in [0.3, 0.4) is 0 Å². The van der Waals surface area contributed by atoms with E-state index in [9.17, 15) is 44.1 Å². The number of ether oxygens (including phenoxy) is 3. The molecule has 0 bridgehead atoms. The molecule has 3 aromatic carbocycles. The number of carbonyl (C=O) groups excluding carboxylic acids is 3. The summed E-state index contributed by atoms with van der Waals surface area (Å²) in [5.41, 5.74) is 2.18. The van der Waals surface area contributed by atoms with Gasteiger partial charge in [0.1, 0.15) is 23.0 Å². The maximum absolute atomic E-state index is 12.3. The van der Waals surface area contributed by atoms with Gasteiger partial charge in [0.2, 0.25) is 6.29 Å². The SMILES string of the molecule is COC(=O)[C@H]1O[C@@H](Oc2ccc(C(C)=O)cc2)[C@H](CC(=O)O)[C@@H](CC(=O)O)[C@@H]1CC(=O)O.O=C(Cc1ccc(O)cc1)Cc1ccc(O)cc1. The summed E-state index contributed by atoms with van der Waals surface area (Å²) in [7, 11) is 1.06. The monoisotopic (exact) mass is 694 g/mol. The molecule has 5 atom stereocenters. The standard InChI is InChI=1S/C21H24O11.C15H14O3/c1-10(22)11-3-5-12(6-4-11)31-21-15(9-18(27)28)13(7-16(23)24)14(8-17(25)26)19(32-21)20(29)30-2;16-13-5-1-11(2-6-13)9-15(18)10-12-3-7-14(17)8-4-12/h3-6,13-15,19,21H,7-9H2,1-2H3,(H,23,24)(H,25,26)(H,27,28);1-8,16-17H,9-10H2/t13-,14-,15+,19-,21+;/m0./s1. The van der Waals surface area contributed by atoms with Gasteiger partial charge in [-0.2, -0.15) is 0 Å². The lowest BCUT2D eigenvalue weighted by atomic mass is 9.71. The Kier molecular flexibility index (Phi) is 14.0. The molecule has 0 aliphatic carbocycles. The Morgan fingerprint density at radius 2 is 1.08 bits per heavy atom. The maximum Gasteiger partial charge on any atom is 0.335 e. The average Bonchev–Trinajstić information content (AvgIpc) is 3.05. The van der Waals surface area contributed by atoms with E-state index in [0.717, 1.165) is 18.2 Å². The third-order valence-electron chi connectivity index (χ3n) is 7.97. The van der Waals surface area contributed by atoms with Gasteiger partial charge in [0.05, 0.1) is 20.0 Å². The zero-order valence-corrected chi connectivity index (χ0v) is 27.3. The summed E-state index contributed by atoms with van der Waals surface area (Å²) < 4.78 is 16.1. The lowest BCUT2D eigenvalue weighted by Crippen LogP contribution is -2.54. The van der Waals surface area contributed by atoms with Gasteiger partial charge in [-0.3, -0.25) is 24.0 Å². The molecule has 0 amide bonds. The molecule has 50 heavy (non-hydrogen) atoms. The number of ketones is 2. The van der Waals surface area contributed by atoms with Crippen LogP contribution in [0.2, 0.25) is 0 Å². The Morgan fingerprint density at radius 3 is 1.50 bits per heavy atom. The van der Waals surface area contributed by atoms with Crippen molar-refractivity contribution in [2.75, 3.05) is 7.11 Å². The van der Waals surface area contributed by atoms with E-state index in [1.165, 1.54) is 31.2 Å². The number of phenolic OH excluding ortho intramolecular Hbond substituents is 2. The molecular formula is C36H38O14. The average molecular weight is 695 g/mol. The van der Waals surface area contributed by atoms with E-state index in [-0.39, 0.29) is 28.8 Å². The molecule has 14 nitrogen and oxygen atoms in total. The van der Waals surface area contributed by atoms with Crippen molar-refractivity contribution in [3.63, 3.8) is 0 Å². The van der Waals surface area contributed by atoms with Gasteiger partial charge < -0.3 is 39.7 Å². The number of hydrogen-bond donors (Lipinski definition) is 5. The first kappa shape index (κ1) is 38.7. The number of aromatic hydroxyl groups is 2. The van der Waals surface area contributed by atoms with Crippen LogP contribution in [0.4, 0.5) is 0 Å². The number of hydrogen-bond acceptors (Lipinski definition) is 11. The minimum absolute atomic E-state index is 0.103. The van der Waals surface area contributed by atoms with Crippen LogP contribution in [0.25, 0.3) is 0 Å². The molecule has 0 aromatic heterocycles. The number of methoxy groups -OCH3 is 1. The van der Waals surface area contributed by atoms with E-state index >= 15 is 0 Å². The first-order chi connectivity index (χ1) is 23.7. The lowest BCUT2D eigenvalue weighted by molar-refractivity contribution is -0.233. The highest BCUT2D eigenvalue weighted by Gasteiger charge is 2.51. The van der Waals surface area contributed by atoms with Crippen LogP contribution in [0.15, 0.2) is 72.8 Å². The number of aliphatic carboxylic acids is 3. The molecule has 5 N–H and O–H groups in total. The van der Waals surface area contributed by atoms with Gasteiger partial charge in [0.15, 0.2) is 11.9 Å². The van der Waals surface area contributed by atoms with Gasteiger partial charge in [0.25, 0.3) is 0 Å². The third kappa shape index (κ3) is 11.7. The number of carboxylic acid groups (broad SMARTS) is 3. The highest BCUT2D eigenvalue weighted by atomic mass is 16.7. The van der Waals surface area contributed by atoms with Crippen molar-refractivity contribution in [2.24, 2.45) is 17.8 Å². The molecule has 1 fully saturated rings. The normalized spacial score (nSPS) is 19.6. The molecule has 0 radical (unpaired) electrons. The number of phenols is 2. The molecule has 1 saturated heterocycles. The fourth-order valence-electron chi connectivity index (χ4n) is 5.61. The molecule has 0 saturated carbocycles. The molecule has 0 spiro atoms. The molecule has 1 heterocycles. The van der Waals surface area contributed by atoms with Crippen molar-refractivity contribution in [1.82, 2.24) is 0 Å². The van der Waals surface area contributed by atoms with Crippen LogP contribution >= 0.6 is 0 Å². The quantitative estimate of drug-likeness (QED) is 0.119. The first-order valence-corrected chi connectivity index (χ1v) is 15.4. The van der Waals surface area contributed by atoms with E-state index < -0.39 is 73.3 Å². The van der Waals surface area contributed by atoms with Crippen LogP contribution in [-0.4, -0.2) is 80.5 Å². The second-order valence-electron chi connectivity index (χ2n) is 11.7. The fraction of sp³-hybridized carbons (Fsp3) is 0.333. The zero-order valence-electron chi connectivity index (χ0n) is 27.3. The maximum atomic E-state index is 12.3. The summed E-state index contributed by atoms with van der Waals surface area (Å²) in [5, 5.41) is 46.4. The van der Waals surface area contributed by atoms with Crippen LogP contribution in [-0.2, 0) is 46.3 Å². The minimum atomic E-state index is -1.48. The highest BCUT2D eigenvalue weighted by Crippen LogP contribution is 2.42. The largest absolute Gasteiger partial charge is 0.508 e. The van der Waals surface area contributed by atoms with Crippen LogP contribution in [0.1, 0.15) is 47.7 Å². The van der Waals surface area contributed by atoms with Gasteiger partial charge in [0, 0.05) is 36.7 Å². The molecule has 266 valence electrons. The summed E-state index contributed by atoms with van der Waals surface area (Å²) in [4.78, 5) is 70.1. The number of benzene rings is 3. The summed E-state index contributed by atoms with van der Waals surface area (Å²) in [6.07, 6.45) is -3.98. The number of carboxylic acids is 3. The number of carbonyl (C=O) groups is 6. The molecule has 4 rings (SSSR count). The number of rotatable bonds is 14. The predicted molar refractivity (Wildman–Crippen MR) is 174 cm³/mol.